The van der Waals surface area contributed by atoms with E-state index in [2.05, 4.69) is 10.0 Å². The molecule has 0 spiro atoms. The highest BCUT2D eigenvalue weighted by molar-refractivity contribution is 7.88. The molecule has 6 N–H and O–H groups in total. The summed E-state index contributed by atoms with van der Waals surface area (Å²) in [6.07, 6.45) is 1.07. The van der Waals surface area contributed by atoms with Gasteiger partial charge in [0.05, 0.1) is 23.2 Å². The first-order chi connectivity index (χ1) is 8.31. The van der Waals surface area contributed by atoms with E-state index in [1.807, 2.05) is 0 Å². The number of nitrogens with two attached hydrogens (primary N) is 2. The van der Waals surface area contributed by atoms with E-state index >= 15 is 0 Å². The Kier molecular flexibility index (Phi) is 4.51. The van der Waals surface area contributed by atoms with Crippen LogP contribution < -0.4 is 21.5 Å². The van der Waals surface area contributed by atoms with Gasteiger partial charge in [0.15, 0.2) is 0 Å². The molecule has 0 saturated carbocycles. The molecule has 8 heteroatoms. The van der Waals surface area contributed by atoms with E-state index < -0.39 is 15.9 Å². The minimum atomic E-state index is -3.23. The summed E-state index contributed by atoms with van der Waals surface area (Å²) in [6, 6.07) is 4.79. The Morgan fingerprint density at radius 2 is 2.00 bits per heavy atom. The molecule has 0 radical (unpaired) electrons. The van der Waals surface area contributed by atoms with Gasteiger partial charge >= 0.3 is 0 Å². The standard InChI is InChI=1S/C10H16N4O3S/c1-18(16,17)14-6-5-13-9-7(10(12)15)3-2-4-8(9)11/h2-4,13-14H,5-6,11H2,1H3,(H2,12,15). The topological polar surface area (TPSA) is 127 Å². The van der Waals surface area contributed by atoms with Gasteiger partial charge in [0.2, 0.25) is 10.0 Å². The summed E-state index contributed by atoms with van der Waals surface area (Å²) in [5, 5.41) is 2.88. The second kappa shape index (κ2) is 5.69. The van der Waals surface area contributed by atoms with Gasteiger partial charge in [-0.2, -0.15) is 0 Å². The molecule has 1 aromatic rings. The molecule has 0 bridgehead atoms. The monoisotopic (exact) mass is 272 g/mol. The molecule has 0 aliphatic heterocycles. The Balaban J connectivity index is 2.70. The molecular weight excluding hydrogens is 256 g/mol. The SMILES string of the molecule is CS(=O)(=O)NCCNc1c(N)cccc1C(N)=O. The fourth-order valence-electron chi connectivity index (χ4n) is 1.40. The van der Waals surface area contributed by atoms with Crippen molar-refractivity contribution in [3.63, 3.8) is 0 Å². The highest BCUT2D eigenvalue weighted by Gasteiger charge is 2.10. The van der Waals surface area contributed by atoms with Crippen molar-refractivity contribution in [2.75, 3.05) is 30.4 Å². The van der Waals surface area contributed by atoms with Crippen LogP contribution in [0, 0.1) is 0 Å². The van der Waals surface area contributed by atoms with Crippen molar-refractivity contribution < 1.29 is 13.2 Å². The molecule has 0 aliphatic rings. The number of amides is 1. The van der Waals surface area contributed by atoms with Gasteiger partial charge in [0.1, 0.15) is 0 Å². The summed E-state index contributed by atoms with van der Waals surface area (Å²) in [4.78, 5) is 11.2. The van der Waals surface area contributed by atoms with Gasteiger partial charge in [0.25, 0.3) is 5.91 Å². The van der Waals surface area contributed by atoms with E-state index in [-0.39, 0.29) is 12.1 Å². The number of primary amides is 1. The summed E-state index contributed by atoms with van der Waals surface area (Å²) in [5.74, 6) is -0.596. The molecule has 0 atom stereocenters. The Morgan fingerprint density at radius 3 is 2.56 bits per heavy atom. The number of nitrogen functional groups attached to an aromatic ring is 1. The van der Waals surface area contributed by atoms with Crippen molar-refractivity contribution in [3.05, 3.63) is 23.8 Å². The molecule has 7 nitrogen and oxygen atoms in total. The molecule has 18 heavy (non-hydrogen) atoms. The van der Waals surface area contributed by atoms with Gasteiger partial charge in [-0.1, -0.05) is 6.07 Å². The number of hydrogen-bond acceptors (Lipinski definition) is 5. The number of carbonyl (C=O) groups is 1. The van der Waals surface area contributed by atoms with E-state index in [1.54, 1.807) is 18.2 Å². The predicted octanol–water partition coefficient (Wildman–Crippen LogP) is -0.671. The third-order valence-corrected chi connectivity index (χ3v) is 2.88. The molecule has 0 fully saturated rings. The van der Waals surface area contributed by atoms with Crippen molar-refractivity contribution in [3.8, 4) is 0 Å². The first-order valence-corrected chi connectivity index (χ1v) is 7.07. The van der Waals surface area contributed by atoms with E-state index in [0.717, 1.165) is 6.26 Å². The number of rotatable bonds is 6. The van der Waals surface area contributed by atoms with Crippen molar-refractivity contribution in [1.82, 2.24) is 4.72 Å². The molecule has 1 rings (SSSR count). The second-order valence-electron chi connectivity index (χ2n) is 3.73. The third kappa shape index (κ3) is 4.22. The Hall–Kier alpha value is -1.80. The van der Waals surface area contributed by atoms with Crippen molar-refractivity contribution in [2.45, 2.75) is 0 Å². The zero-order valence-corrected chi connectivity index (χ0v) is 10.8. The number of benzene rings is 1. The van der Waals surface area contributed by atoms with E-state index in [4.69, 9.17) is 11.5 Å². The van der Waals surface area contributed by atoms with Crippen LogP contribution in [0.5, 0.6) is 0 Å². The van der Waals surface area contributed by atoms with Crippen molar-refractivity contribution in [1.29, 1.82) is 0 Å². The second-order valence-corrected chi connectivity index (χ2v) is 5.56. The number of carbonyl (C=O) groups excluding carboxylic acids is 1. The van der Waals surface area contributed by atoms with Crippen LogP contribution >= 0.6 is 0 Å². The minimum Gasteiger partial charge on any atom is -0.397 e. The average Bonchev–Trinajstić information content (AvgIpc) is 2.24. The van der Waals surface area contributed by atoms with Crippen LogP contribution in [0.1, 0.15) is 10.4 Å². The predicted molar refractivity (Wildman–Crippen MR) is 70.7 cm³/mol. The van der Waals surface area contributed by atoms with Gasteiger partial charge in [-0.25, -0.2) is 13.1 Å². The zero-order valence-electron chi connectivity index (χ0n) is 9.93. The Labute approximate surface area is 106 Å². The van der Waals surface area contributed by atoms with Crippen LogP contribution in [0.4, 0.5) is 11.4 Å². The van der Waals surface area contributed by atoms with Crippen molar-refractivity contribution >= 4 is 27.3 Å². The summed E-state index contributed by atoms with van der Waals surface area (Å²) in [5.41, 5.74) is 12.0. The van der Waals surface area contributed by atoms with Crippen LogP contribution in [0.2, 0.25) is 0 Å². The summed E-state index contributed by atoms with van der Waals surface area (Å²) >= 11 is 0. The lowest BCUT2D eigenvalue weighted by molar-refractivity contribution is 0.100. The number of anilines is 2. The van der Waals surface area contributed by atoms with Gasteiger partial charge in [-0.15, -0.1) is 0 Å². The van der Waals surface area contributed by atoms with Crippen LogP contribution in [-0.2, 0) is 10.0 Å². The maximum atomic E-state index is 11.2. The molecular formula is C10H16N4O3S. The molecule has 0 unspecified atom stereocenters. The summed E-state index contributed by atoms with van der Waals surface area (Å²) in [6.45, 7) is 0.479. The molecule has 0 aliphatic carbocycles. The van der Waals surface area contributed by atoms with E-state index in [0.29, 0.717) is 17.9 Å². The number of sulfonamides is 1. The molecule has 0 aromatic heterocycles. The smallest absolute Gasteiger partial charge is 0.250 e. The highest BCUT2D eigenvalue weighted by atomic mass is 32.2. The molecule has 0 heterocycles. The summed E-state index contributed by atoms with van der Waals surface area (Å²) in [7, 11) is -3.23. The lowest BCUT2D eigenvalue weighted by atomic mass is 10.1. The molecule has 100 valence electrons. The average molecular weight is 272 g/mol. The first-order valence-electron chi connectivity index (χ1n) is 5.18. The van der Waals surface area contributed by atoms with Crippen LogP contribution in [0.25, 0.3) is 0 Å². The highest BCUT2D eigenvalue weighted by Crippen LogP contribution is 2.22. The Morgan fingerprint density at radius 1 is 1.33 bits per heavy atom. The van der Waals surface area contributed by atoms with Crippen molar-refractivity contribution in [2.24, 2.45) is 5.73 Å². The largest absolute Gasteiger partial charge is 0.397 e. The Bertz CT molecular complexity index is 542. The number of para-hydroxylation sites is 1. The maximum Gasteiger partial charge on any atom is 0.250 e. The van der Waals surface area contributed by atoms with Gasteiger partial charge in [-0.3, -0.25) is 4.79 Å². The molecule has 1 amide bonds. The number of hydrogen-bond donors (Lipinski definition) is 4. The molecule has 0 saturated heterocycles. The lowest BCUT2D eigenvalue weighted by Crippen LogP contribution is -2.28. The fourth-order valence-corrected chi connectivity index (χ4v) is 1.87. The van der Waals surface area contributed by atoms with Gasteiger partial charge < -0.3 is 16.8 Å². The van der Waals surface area contributed by atoms with Crippen LogP contribution in [0.15, 0.2) is 18.2 Å². The van der Waals surface area contributed by atoms with E-state index in [1.165, 1.54) is 0 Å². The fraction of sp³-hybridized carbons (Fsp3) is 0.300. The normalized spacial score (nSPS) is 11.2. The quantitative estimate of drug-likeness (QED) is 0.403. The maximum absolute atomic E-state index is 11.2. The molecule has 1 aromatic carbocycles. The number of nitrogens with one attached hydrogen (secondary N) is 2. The van der Waals surface area contributed by atoms with Gasteiger partial charge in [0, 0.05) is 13.1 Å². The van der Waals surface area contributed by atoms with Crippen LogP contribution in [0.3, 0.4) is 0 Å². The lowest BCUT2D eigenvalue weighted by Gasteiger charge is -2.12. The minimum absolute atomic E-state index is 0.186. The zero-order chi connectivity index (χ0) is 13.8. The first kappa shape index (κ1) is 14.3. The third-order valence-electron chi connectivity index (χ3n) is 2.15. The van der Waals surface area contributed by atoms with E-state index in [9.17, 15) is 13.2 Å². The van der Waals surface area contributed by atoms with Crippen LogP contribution in [-0.4, -0.2) is 33.7 Å². The summed E-state index contributed by atoms with van der Waals surface area (Å²) < 4.78 is 24.0. The van der Waals surface area contributed by atoms with Gasteiger partial charge in [-0.05, 0) is 12.1 Å².